The molecular formula is C21H33N3O4. The van der Waals surface area contributed by atoms with Crippen molar-refractivity contribution in [3.63, 3.8) is 0 Å². The number of carbonyl (C=O) groups is 3. The minimum absolute atomic E-state index is 0.0541. The van der Waals surface area contributed by atoms with E-state index in [0.29, 0.717) is 12.3 Å². The van der Waals surface area contributed by atoms with Crippen molar-refractivity contribution in [3.05, 3.63) is 12.7 Å². The summed E-state index contributed by atoms with van der Waals surface area (Å²) in [6.45, 7) is 9.35. The standard InChI is InChI=1S/C21H33N3O4/c1-5-21(9-7-6-8-10-21)16(23-19(27)28-20(2,3)4)18(26)24-14-11-13(14)12-15(24)17(22)25/h5,13-16H,1,6-12H2,2-4H3,(H2,22,25)(H,23,27)/t13-,14-,15-,16?/m0/s1. The molecule has 4 atom stereocenters. The average molecular weight is 392 g/mol. The number of fused-ring (bicyclic) bond motifs is 1. The molecule has 3 aliphatic rings. The third-order valence-electron chi connectivity index (χ3n) is 6.36. The Morgan fingerprint density at radius 2 is 1.86 bits per heavy atom. The highest BCUT2D eigenvalue weighted by molar-refractivity contribution is 5.93. The number of nitrogens with zero attached hydrogens (tertiary/aromatic N) is 1. The number of rotatable bonds is 5. The van der Waals surface area contributed by atoms with E-state index in [4.69, 9.17) is 10.5 Å². The largest absolute Gasteiger partial charge is 0.444 e. The summed E-state index contributed by atoms with van der Waals surface area (Å²) in [4.78, 5) is 39.8. The Morgan fingerprint density at radius 3 is 2.39 bits per heavy atom. The Morgan fingerprint density at radius 1 is 1.21 bits per heavy atom. The van der Waals surface area contributed by atoms with E-state index in [-0.39, 0.29) is 11.9 Å². The van der Waals surface area contributed by atoms with Crippen LogP contribution < -0.4 is 11.1 Å². The molecule has 156 valence electrons. The summed E-state index contributed by atoms with van der Waals surface area (Å²) < 4.78 is 5.43. The Labute approximate surface area is 167 Å². The number of carbonyl (C=O) groups excluding carboxylic acids is 3. The first-order chi connectivity index (χ1) is 13.1. The molecule has 2 saturated carbocycles. The first-order valence-corrected chi connectivity index (χ1v) is 10.3. The summed E-state index contributed by atoms with van der Waals surface area (Å²) in [5, 5.41) is 2.83. The summed E-state index contributed by atoms with van der Waals surface area (Å²) >= 11 is 0. The second-order valence-electron chi connectivity index (χ2n) is 9.54. The number of alkyl carbamates (subject to hydrolysis) is 1. The van der Waals surface area contributed by atoms with Gasteiger partial charge in [0.2, 0.25) is 11.8 Å². The van der Waals surface area contributed by atoms with Crippen LogP contribution in [0.5, 0.6) is 0 Å². The van der Waals surface area contributed by atoms with Crippen molar-refractivity contribution in [2.75, 3.05) is 0 Å². The van der Waals surface area contributed by atoms with E-state index in [2.05, 4.69) is 11.9 Å². The van der Waals surface area contributed by atoms with Crippen molar-refractivity contribution in [2.24, 2.45) is 17.1 Å². The van der Waals surface area contributed by atoms with E-state index in [9.17, 15) is 14.4 Å². The molecule has 7 nitrogen and oxygen atoms in total. The van der Waals surface area contributed by atoms with Crippen molar-refractivity contribution in [1.29, 1.82) is 0 Å². The van der Waals surface area contributed by atoms with Gasteiger partial charge in [-0.3, -0.25) is 9.59 Å². The quantitative estimate of drug-likeness (QED) is 0.703. The van der Waals surface area contributed by atoms with Gasteiger partial charge in [0.15, 0.2) is 0 Å². The van der Waals surface area contributed by atoms with E-state index >= 15 is 0 Å². The molecule has 1 unspecified atom stereocenters. The Balaban J connectivity index is 1.89. The number of ether oxygens (including phenoxy) is 1. The van der Waals surface area contributed by atoms with Gasteiger partial charge in [-0.25, -0.2) is 4.79 Å². The molecule has 3 amide bonds. The van der Waals surface area contributed by atoms with Gasteiger partial charge in [0, 0.05) is 11.5 Å². The molecule has 0 spiro atoms. The van der Waals surface area contributed by atoms with Crippen LogP contribution in [0.3, 0.4) is 0 Å². The molecule has 0 aromatic rings. The zero-order valence-electron chi connectivity index (χ0n) is 17.2. The SMILES string of the molecule is C=CC1(C(NC(=O)OC(C)(C)C)C(=O)N2[C@H](C(N)=O)C[C@@H]3C[C@@H]32)CCCCC1. The van der Waals surface area contributed by atoms with Gasteiger partial charge in [-0.2, -0.15) is 0 Å². The van der Waals surface area contributed by atoms with Gasteiger partial charge in [-0.05, 0) is 52.4 Å². The van der Waals surface area contributed by atoms with Crippen LogP contribution in [0.4, 0.5) is 4.79 Å². The first kappa shape index (κ1) is 20.7. The molecule has 3 fully saturated rings. The summed E-state index contributed by atoms with van der Waals surface area (Å²) in [5.74, 6) is -0.371. The van der Waals surface area contributed by atoms with Crippen molar-refractivity contribution in [3.8, 4) is 0 Å². The maximum Gasteiger partial charge on any atom is 0.408 e. The zero-order chi connectivity index (χ0) is 20.7. The summed E-state index contributed by atoms with van der Waals surface area (Å²) in [7, 11) is 0. The molecule has 0 aromatic carbocycles. The lowest BCUT2D eigenvalue weighted by Crippen LogP contribution is -2.60. The molecular weight excluding hydrogens is 358 g/mol. The number of likely N-dealkylation sites (tertiary alicyclic amines) is 1. The summed E-state index contributed by atoms with van der Waals surface area (Å²) in [6, 6.07) is -1.34. The predicted octanol–water partition coefficient (Wildman–Crippen LogP) is 2.49. The lowest BCUT2D eigenvalue weighted by atomic mass is 9.68. The Kier molecular flexibility index (Phi) is 5.47. The molecule has 1 saturated heterocycles. The fraction of sp³-hybridized carbons (Fsp3) is 0.762. The van der Waals surface area contributed by atoms with E-state index in [1.165, 1.54) is 0 Å². The van der Waals surface area contributed by atoms with E-state index in [0.717, 1.165) is 38.5 Å². The lowest BCUT2D eigenvalue weighted by molar-refractivity contribution is -0.143. The summed E-state index contributed by atoms with van der Waals surface area (Å²) in [6.07, 6.45) is 7.28. The molecule has 2 aliphatic carbocycles. The lowest BCUT2D eigenvalue weighted by Gasteiger charge is -2.43. The van der Waals surface area contributed by atoms with Crippen molar-refractivity contribution in [2.45, 2.75) is 89.4 Å². The third kappa shape index (κ3) is 4.03. The smallest absolute Gasteiger partial charge is 0.408 e. The highest BCUT2D eigenvalue weighted by atomic mass is 16.6. The average Bonchev–Trinajstić information content (AvgIpc) is 3.28. The predicted molar refractivity (Wildman–Crippen MR) is 105 cm³/mol. The molecule has 1 heterocycles. The van der Waals surface area contributed by atoms with Crippen LogP contribution in [0, 0.1) is 11.3 Å². The van der Waals surface area contributed by atoms with Crippen molar-refractivity contribution >= 4 is 17.9 Å². The molecule has 1 aliphatic heterocycles. The third-order valence-corrected chi connectivity index (χ3v) is 6.36. The first-order valence-electron chi connectivity index (χ1n) is 10.3. The zero-order valence-corrected chi connectivity index (χ0v) is 17.2. The molecule has 28 heavy (non-hydrogen) atoms. The normalized spacial score (nSPS) is 29.4. The molecule has 0 bridgehead atoms. The minimum atomic E-state index is -0.804. The van der Waals surface area contributed by atoms with Crippen LogP contribution in [0.2, 0.25) is 0 Å². The highest BCUT2D eigenvalue weighted by Crippen LogP contribution is 2.49. The van der Waals surface area contributed by atoms with Crippen LogP contribution in [0.25, 0.3) is 0 Å². The fourth-order valence-corrected chi connectivity index (χ4v) is 4.87. The summed E-state index contributed by atoms with van der Waals surface area (Å²) in [5.41, 5.74) is 4.36. The van der Waals surface area contributed by atoms with Crippen LogP contribution >= 0.6 is 0 Å². The minimum Gasteiger partial charge on any atom is -0.444 e. The van der Waals surface area contributed by atoms with Gasteiger partial charge in [0.1, 0.15) is 17.7 Å². The van der Waals surface area contributed by atoms with E-state index < -0.39 is 35.1 Å². The molecule has 7 heteroatoms. The number of hydrogen-bond donors (Lipinski definition) is 2. The van der Waals surface area contributed by atoms with Crippen LogP contribution in [-0.2, 0) is 14.3 Å². The van der Waals surface area contributed by atoms with Gasteiger partial charge in [0.05, 0.1) is 0 Å². The number of piperidine rings is 1. The molecule has 3 rings (SSSR count). The fourth-order valence-electron chi connectivity index (χ4n) is 4.87. The van der Waals surface area contributed by atoms with Gasteiger partial charge in [-0.1, -0.05) is 25.3 Å². The maximum absolute atomic E-state index is 13.7. The number of hydrogen-bond acceptors (Lipinski definition) is 4. The maximum atomic E-state index is 13.7. The molecule has 0 radical (unpaired) electrons. The monoisotopic (exact) mass is 391 g/mol. The van der Waals surface area contributed by atoms with E-state index in [1.54, 1.807) is 25.7 Å². The van der Waals surface area contributed by atoms with Gasteiger partial charge in [0.25, 0.3) is 0 Å². The van der Waals surface area contributed by atoms with Crippen molar-refractivity contribution in [1.82, 2.24) is 10.2 Å². The van der Waals surface area contributed by atoms with Crippen molar-refractivity contribution < 1.29 is 19.1 Å². The van der Waals surface area contributed by atoms with Crippen LogP contribution in [-0.4, -0.2) is 46.5 Å². The number of amides is 3. The molecule has 3 N–H and O–H groups in total. The second kappa shape index (κ2) is 7.41. The van der Waals surface area contributed by atoms with E-state index in [1.807, 2.05) is 6.08 Å². The number of nitrogens with one attached hydrogen (secondary N) is 1. The van der Waals surface area contributed by atoms with Crippen LogP contribution in [0.15, 0.2) is 12.7 Å². The van der Waals surface area contributed by atoms with Gasteiger partial charge in [-0.15, -0.1) is 6.58 Å². The Bertz CT molecular complexity index is 663. The highest BCUT2D eigenvalue weighted by Gasteiger charge is 2.58. The van der Waals surface area contributed by atoms with Gasteiger partial charge >= 0.3 is 6.09 Å². The topological polar surface area (TPSA) is 102 Å². The van der Waals surface area contributed by atoms with Crippen LogP contribution in [0.1, 0.15) is 65.7 Å². The second-order valence-corrected chi connectivity index (χ2v) is 9.54. The Hall–Kier alpha value is -2.05. The molecule has 0 aromatic heterocycles. The van der Waals surface area contributed by atoms with Gasteiger partial charge < -0.3 is 20.7 Å². The number of nitrogens with two attached hydrogens (primary N) is 1. The number of primary amides is 1.